The van der Waals surface area contributed by atoms with Crippen molar-refractivity contribution in [3.63, 3.8) is 0 Å². The minimum atomic E-state index is -0.498. The summed E-state index contributed by atoms with van der Waals surface area (Å²) in [6.07, 6.45) is 8.87. The van der Waals surface area contributed by atoms with E-state index in [0.29, 0.717) is 17.4 Å². The lowest BCUT2D eigenvalue weighted by atomic mass is 9.95. The van der Waals surface area contributed by atoms with Gasteiger partial charge < -0.3 is 26.0 Å². The molecule has 0 amide bonds. The van der Waals surface area contributed by atoms with Gasteiger partial charge in [-0.2, -0.15) is 4.98 Å². The molecule has 4 heterocycles. The van der Waals surface area contributed by atoms with Crippen molar-refractivity contribution >= 4 is 28.5 Å². The van der Waals surface area contributed by atoms with Crippen LogP contribution >= 0.6 is 0 Å². The van der Waals surface area contributed by atoms with Gasteiger partial charge in [-0.3, -0.25) is 4.98 Å². The number of unbranched alkanes of at least 4 members (excludes halogenated alkanes) is 1. The smallest absolute Gasteiger partial charge is 0.222 e. The maximum Gasteiger partial charge on any atom is 0.222 e. The second-order valence-corrected chi connectivity index (χ2v) is 10.3. The van der Waals surface area contributed by atoms with E-state index in [0.717, 1.165) is 67.9 Å². The highest BCUT2D eigenvalue weighted by molar-refractivity contribution is 5.91. The van der Waals surface area contributed by atoms with Gasteiger partial charge in [-0.25, -0.2) is 9.97 Å². The van der Waals surface area contributed by atoms with E-state index < -0.39 is 5.54 Å². The molecule has 3 aromatic heterocycles. The Balaban J connectivity index is 1.51. The van der Waals surface area contributed by atoms with Crippen molar-refractivity contribution in [3.8, 4) is 11.3 Å². The standard InChI is InChI=1S/C28H42N8O/c1-5-8-13-28(4,19-37)34-26-22-18-30-23(16-24(22)32-27(29)33-26)20-9-10-25(31-17-20)36-14-11-21(12-15-36)35(6-2)7-3/h9-10,16-18,21,37H,5-8,11-15,19H2,1-4H3,(H3,29,32,33,34)/t28-/m1/s1. The summed E-state index contributed by atoms with van der Waals surface area (Å²) in [5.74, 6) is 1.79. The van der Waals surface area contributed by atoms with Gasteiger partial charge in [0.1, 0.15) is 11.6 Å². The molecule has 0 unspecified atom stereocenters. The van der Waals surface area contributed by atoms with Crippen molar-refractivity contribution in [2.45, 2.75) is 71.4 Å². The summed E-state index contributed by atoms with van der Waals surface area (Å²) in [5, 5.41) is 14.2. The number of hydrogen-bond acceptors (Lipinski definition) is 9. The molecule has 3 aromatic rings. The van der Waals surface area contributed by atoms with E-state index in [9.17, 15) is 5.11 Å². The molecule has 9 heteroatoms. The van der Waals surface area contributed by atoms with Gasteiger partial charge in [0.2, 0.25) is 5.95 Å². The lowest BCUT2D eigenvalue weighted by Gasteiger charge is -2.38. The third-order valence-electron chi connectivity index (χ3n) is 7.61. The third-order valence-corrected chi connectivity index (χ3v) is 7.61. The van der Waals surface area contributed by atoms with Crippen molar-refractivity contribution in [3.05, 3.63) is 30.6 Å². The molecular formula is C28H42N8O. The Labute approximate surface area is 220 Å². The number of nitrogen functional groups attached to an aromatic ring is 1. The molecule has 1 saturated heterocycles. The second kappa shape index (κ2) is 12.0. The summed E-state index contributed by atoms with van der Waals surface area (Å²) >= 11 is 0. The van der Waals surface area contributed by atoms with Crippen LogP contribution in [0.1, 0.15) is 59.8 Å². The first-order chi connectivity index (χ1) is 17.9. The molecule has 0 spiro atoms. The average molecular weight is 507 g/mol. The zero-order valence-electron chi connectivity index (χ0n) is 22.7. The molecule has 0 aliphatic carbocycles. The Morgan fingerprint density at radius 1 is 1.11 bits per heavy atom. The van der Waals surface area contributed by atoms with Crippen LogP contribution in [0.4, 0.5) is 17.6 Å². The van der Waals surface area contributed by atoms with Crippen molar-refractivity contribution in [2.24, 2.45) is 0 Å². The van der Waals surface area contributed by atoms with Crippen LogP contribution in [0.25, 0.3) is 22.2 Å². The molecule has 0 radical (unpaired) electrons. The topological polar surface area (TPSA) is 116 Å². The molecule has 1 aliphatic rings. The largest absolute Gasteiger partial charge is 0.394 e. The molecule has 4 N–H and O–H groups in total. The number of aromatic nitrogens is 4. The minimum absolute atomic E-state index is 0.00489. The molecule has 0 bridgehead atoms. The number of rotatable bonds is 11. The SMILES string of the molecule is CCCC[C@](C)(CO)Nc1nc(N)nc2cc(-c3ccc(N4CCC(N(CC)CC)CC4)nc3)ncc12. The van der Waals surface area contributed by atoms with Crippen LogP contribution in [-0.2, 0) is 0 Å². The van der Waals surface area contributed by atoms with Gasteiger partial charge in [0.15, 0.2) is 0 Å². The first-order valence-electron chi connectivity index (χ1n) is 13.7. The van der Waals surface area contributed by atoms with Crippen molar-refractivity contribution in [2.75, 3.05) is 48.7 Å². The van der Waals surface area contributed by atoms with E-state index in [2.05, 4.69) is 58.0 Å². The van der Waals surface area contributed by atoms with Gasteiger partial charge in [0.05, 0.1) is 28.7 Å². The zero-order valence-corrected chi connectivity index (χ0v) is 22.7. The highest BCUT2D eigenvalue weighted by Crippen LogP contribution is 2.29. The van der Waals surface area contributed by atoms with E-state index in [1.807, 2.05) is 19.2 Å². The molecule has 200 valence electrons. The highest BCUT2D eigenvalue weighted by atomic mass is 16.3. The van der Waals surface area contributed by atoms with E-state index >= 15 is 0 Å². The van der Waals surface area contributed by atoms with E-state index in [1.165, 1.54) is 12.8 Å². The fraction of sp³-hybridized carbons (Fsp3) is 0.571. The Morgan fingerprint density at radius 3 is 2.49 bits per heavy atom. The lowest BCUT2D eigenvalue weighted by molar-refractivity contribution is 0.186. The normalized spacial score (nSPS) is 16.3. The maximum absolute atomic E-state index is 10.0. The number of nitrogens with two attached hydrogens (primary N) is 1. The molecule has 0 saturated carbocycles. The zero-order chi connectivity index (χ0) is 26.4. The Hall–Kier alpha value is -3.04. The van der Waals surface area contributed by atoms with Gasteiger partial charge in [0, 0.05) is 37.1 Å². The number of nitrogens with zero attached hydrogens (tertiary/aromatic N) is 6. The predicted octanol–water partition coefficient (Wildman–Crippen LogP) is 4.33. The number of fused-ring (bicyclic) bond motifs is 1. The van der Waals surface area contributed by atoms with Crippen molar-refractivity contribution in [1.29, 1.82) is 0 Å². The summed E-state index contributed by atoms with van der Waals surface area (Å²) in [4.78, 5) is 23.3. The number of aliphatic hydroxyl groups excluding tert-OH is 1. The van der Waals surface area contributed by atoms with Crippen LogP contribution < -0.4 is 16.0 Å². The molecule has 1 aliphatic heterocycles. The number of anilines is 3. The highest BCUT2D eigenvalue weighted by Gasteiger charge is 2.25. The summed E-state index contributed by atoms with van der Waals surface area (Å²) in [7, 11) is 0. The third kappa shape index (κ3) is 6.27. The molecule has 37 heavy (non-hydrogen) atoms. The lowest BCUT2D eigenvalue weighted by Crippen LogP contribution is -2.45. The van der Waals surface area contributed by atoms with Crippen LogP contribution in [-0.4, -0.2) is 74.3 Å². The van der Waals surface area contributed by atoms with Crippen molar-refractivity contribution in [1.82, 2.24) is 24.8 Å². The first kappa shape index (κ1) is 27.0. The molecule has 1 fully saturated rings. The van der Waals surface area contributed by atoms with Crippen molar-refractivity contribution < 1.29 is 5.11 Å². The molecule has 0 aromatic carbocycles. The van der Waals surface area contributed by atoms with Crippen LogP contribution in [0.15, 0.2) is 30.6 Å². The maximum atomic E-state index is 10.0. The number of nitrogens with one attached hydrogen (secondary N) is 1. The minimum Gasteiger partial charge on any atom is -0.394 e. The summed E-state index contributed by atoms with van der Waals surface area (Å²) < 4.78 is 0. The predicted molar refractivity (Wildman–Crippen MR) is 152 cm³/mol. The fourth-order valence-electron chi connectivity index (χ4n) is 5.25. The Kier molecular flexibility index (Phi) is 8.76. The second-order valence-electron chi connectivity index (χ2n) is 10.3. The van der Waals surface area contributed by atoms with Crippen LogP contribution in [0.2, 0.25) is 0 Å². The van der Waals surface area contributed by atoms with E-state index in [4.69, 9.17) is 15.7 Å². The molecular weight excluding hydrogens is 464 g/mol. The van der Waals surface area contributed by atoms with Crippen LogP contribution in [0, 0.1) is 0 Å². The van der Waals surface area contributed by atoms with E-state index in [-0.39, 0.29) is 12.6 Å². The summed E-state index contributed by atoms with van der Waals surface area (Å²) in [5.41, 5.74) is 7.98. The van der Waals surface area contributed by atoms with Gasteiger partial charge in [-0.1, -0.05) is 33.6 Å². The van der Waals surface area contributed by atoms with Gasteiger partial charge in [-0.05, 0) is 57.5 Å². The average Bonchev–Trinajstić information content (AvgIpc) is 2.92. The molecule has 1 atom stereocenters. The van der Waals surface area contributed by atoms with E-state index in [1.54, 1.807) is 6.20 Å². The van der Waals surface area contributed by atoms with Gasteiger partial charge >= 0.3 is 0 Å². The first-order valence-corrected chi connectivity index (χ1v) is 13.7. The number of pyridine rings is 2. The number of aliphatic hydroxyl groups is 1. The molecule has 4 rings (SSSR count). The summed E-state index contributed by atoms with van der Waals surface area (Å²) in [6, 6.07) is 6.75. The quantitative estimate of drug-likeness (QED) is 0.349. The molecule has 9 nitrogen and oxygen atoms in total. The van der Waals surface area contributed by atoms with Crippen LogP contribution in [0.3, 0.4) is 0 Å². The Morgan fingerprint density at radius 2 is 1.86 bits per heavy atom. The Bertz CT molecular complexity index is 1160. The van der Waals surface area contributed by atoms with Gasteiger partial charge in [-0.15, -0.1) is 0 Å². The number of hydrogen-bond donors (Lipinski definition) is 3. The number of piperidine rings is 1. The van der Waals surface area contributed by atoms with Gasteiger partial charge in [0.25, 0.3) is 0 Å². The monoisotopic (exact) mass is 506 g/mol. The fourth-order valence-corrected chi connectivity index (χ4v) is 5.25. The summed E-state index contributed by atoms with van der Waals surface area (Å²) in [6.45, 7) is 12.9. The van der Waals surface area contributed by atoms with Crippen LogP contribution in [0.5, 0.6) is 0 Å².